The average Bonchev–Trinajstić information content (AvgIpc) is 2.63. The number of hydrogen-bond donors (Lipinski definition) is 1. The Bertz CT molecular complexity index is 367. The van der Waals surface area contributed by atoms with Crippen molar-refractivity contribution in [3.05, 3.63) is 29.8 Å². The fraction of sp³-hybridized carbons (Fsp3) is 0.625. The molecular weight excluding hydrogens is 236 g/mol. The number of aryl methyl sites for hydroxylation is 1. The molecular formula is C16H26N2O. The molecule has 0 aliphatic carbocycles. The van der Waals surface area contributed by atoms with Gasteiger partial charge in [-0.05, 0) is 37.9 Å². The molecule has 0 saturated carbocycles. The average molecular weight is 262 g/mol. The molecule has 2 atom stereocenters. The summed E-state index contributed by atoms with van der Waals surface area (Å²) < 4.78 is 5.31. The number of rotatable bonds is 5. The second-order valence-corrected chi connectivity index (χ2v) is 5.37. The first-order valence-electron chi connectivity index (χ1n) is 7.32. The molecule has 0 radical (unpaired) electrons. The number of nitrogens with zero attached hydrogens (tertiary/aromatic N) is 1. The van der Waals surface area contributed by atoms with Crippen molar-refractivity contribution in [2.45, 2.75) is 38.8 Å². The Morgan fingerprint density at radius 3 is 2.95 bits per heavy atom. The lowest BCUT2D eigenvalue weighted by Crippen LogP contribution is -2.46. The van der Waals surface area contributed by atoms with Crippen molar-refractivity contribution in [2.24, 2.45) is 0 Å². The number of ether oxygens (including phenoxy) is 1. The molecule has 106 valence electrons. The van der Waals surface area contributed by atoms with Crippen LogP contribution in [0.2, 0.25) is 0 Å². The second kappa shape index (κ2) is 6.92. The van der Waals surface area contributed by atoms with Gasteiger partial charge in [0.25, 0.3) is 0 Å². The molecule has 0 fully saturated rings. The van der Waals surface area contributed by atoms with Crippen molar-refractivity contribution in [2.75, 3.05) is 32.1 Å². The fourth-order valence-electron chi connectivity index (χ4n) is 3.11. The van der Waals surface area contributed by atoms with Crippen LogP contribution in [0.4, 0.5) is 5.69 Å². The van der Waals surface area contributed by atoms with Crippen LogP contribution in [0, 0.1) is 0 Å². The predicted molar refractivity (Wildman–Crippen MR) is 80.8 cm³/mol. The highest BCUT2D eigenvalue weighted by Crippen LogP contribution is 2.23. The Balaban J connectivity index is 2.03. The Kier molecular flexibility index (Phi) is 5.23. The summed E-state index contributed by atoms with van der Waals surface area (Å²) in [6, 6.07) is 9.72. The summed E-state index contributed by atoms with van der Waals surface area (Å²) in [4.78, 5) is 2.56. The van der Waals surface area contributed by atoms with Gasteiger partial charge in [0.2, 0.25) is 0 Å². The Labute approximate surface area is 116 Å². The first-order valence-corrected chi connectivity index (χ1v) is 7.32. The quantitative estimate of drug-likeness (QED) is 0.883. The Morgan fingerprint density at radius 1 is 1.42 bits per heavy atom. The SMILES string of the molecule is CCN(C(C)COC)C1CCc2ccccc2NC1. The van der Waals surface area contributed by atoms with E-state index in [9.17, 15) is 0 Å². The molecule has 0 bridgehead atoms. The number of hydrogen-bond acceptors (Lipinski definition) is 3. The molecule has 3 heteroatoms. The molecule has 0 aromatic heterocycles. The van der Waals surface area contributed by atoms with Crippen molar-refractivity contribution in [3.63, 3.8) is 0 Å². The Morgan fingerprint density at radius 2 is 2.21 bits per heavy atom. The first-order chi connectivity index (χ1) is 9.26. The van der Waals surface area contributed by atoms with Gasteiger partial charge < -0.3 is 10.1 Å². The third kappa shape index (κ3) is 3.48. The molecule has 0 amide bonds. The molecule has 19 heavy (non-hydrogen) atoms. The van der Waals surface area contributed by atoms with Crippen molar-refractivity contribution in [3.8, 4) is 0 Å². The van der Waals surface area contributed by atoms with E-state index in [2.05, 4.69) is 48.3 Å². The van der Waals surface area contributed by atoms with E-state index in [-0.39, 0.29) is 0 Å². The maximum Gasteiger partial charge on any atom is 0.0615 e. The van der Waals surface area contributed by atoms with E-state index >= 15 is 0 Å². The zero-order valence-corrected chi connectivity index (χ0v) is 12.4. The van der Waals surface area contributed by atoms with Crippen LogP contribution < -0.4 is 5.32 Å². The highest BCUT2D eigenvalue weighted by atomic mass is 16.5. The number of likely N-dealkylation sites (N-methyl/N-ethyl adjacent to an activating group) is 1. The van der Waals surface area contributed by atoms with Crippen LogP contribution in [-0.2, 0) is 11.2 Å². The van der Waals surface area contributed by atoms with Crippen molar-refractivity contribution >= 4 is 5.69 Å². The first kappa shape index (κ1) is 14.4. The lowest BCUT2D eigenvalue weighted by Gasteiger charge is -2.35. The molecule has 2 unspecified atom stereocenters. The van der Waals surface area contributed by atoms with Gasteiger partial charge in [0.1, 0.15) is 0 Å². The van der Waals surface area contributed by atoms with Crippen molar-refractivity contribution in [1.82, 2.24) is 4.90 Å². The van der Waals surface area contributed by atoms with E-state index in [1.165, 1.54) is 17.7 Å². The standard InChI is InChI=1S/C16H26N2O/c1-4-18(13(2)12-19-3)15-10-9-14-7-5-6-8-16(14)17-11-15/h5-8,13,15,17H,4,9-12H2,1-3H3. The number of nitrogens with one attached hydrogen (secondary N) is 1. The molecule has 1 aliphatic heterocycles. The van der Waals surface area contributed by atoms with Crippen LogP contribution >= 0.6 is 0 Å². The highest BCUT2D eigenvalue weighted by molar-refractivity contribution is 5.52. The van der Waals surface area contributed by atoms with Crippen LogP contribution in [0.25, 0.3) is 0 Å². The summed E-state index contributed by atoms with van der Waals surface area (Å²) >= 11 is 0. The molecule has 2 rings (SSSR count). The van der Waals surface area contributed by atoms with E-state index in [0.29, 0.717) is 12.1 Å². The van der Waals surface area contributed by atoms with Crippen LogP contribution in [0.5, 0.6) is 0 Å². The van der Waals surface area contributed by atoms with Gasteiger partial charge >= 0.3 is 0 Å². The molecule has 1 aliphatic rings. The topological polar surface area (TPSA) is 24.5 Å². The van der Waals surface area contributed by atoms with Gasteiger partial charge in [-0.15, -0.1) is 0 Å². The number of fused-ring (bicyclic) bond motifs is 1. The maximum absolute atomic E-state index is 5.31. The van der Waals surface area contributed by atoms with Crippen molar-refractivity contribution in [1.29, 1.82) is 0 Å². The van der Waals surface area contributed by atoms with Gasteiger partial charge in [0, 0.05) is 31.4 Å². The lowest BCUT2D eigenvalue weighted by atomic mass is 10.0. The maximum atomic E-state index is 5.31. The number of anilines is 1. The van der Waals surface area contributed by atoms with Gasteiger partial charge in [-0.3, -0.25) is 4.90 Å². The third-order valence-corrected chi connectivity index (χ3v) is 4.10. The van der Waals surface area contributed by atoms with Gasteiger partial charge in [-0.1, -0.05) is 25.1 Å². The van der Waals surface area contributed by atoms with Gasteiger partial charge in [-0.2, -0.15) is 0 Å². The summed E-state index contributed by atoms with van der Waals surface area (Å²) in [5.74, 6) is 0. The number of methoxy groups -OCH3 is 1. The van der Waals surface area contributed by atoms with E-state index in [4.69, 9.17) is 4.74 Å². The van der Waals surface area contributed by atoms with E-state index in [0.717, 1.165) is 26.1 Å². The van der Waals surface area contributed by atoms with Crippen LogP contribution in [0.15, 0.2) is 24.3 Å². The number of benzene rings is 1. The summed E-state index contributed by atoms with van der Waals surface area (Å²) in [6.07, 6.45) is 2.37. The molecule has 0 saturated heterocycles. The highest BCUT2D eigenvalue weighted by Gasteiger charge is 2.24. The summed E-state index contributed by atoms with van der Waals surface area (Å²) in [6.45, 7) is 7.40. The summed E-state index contributed by atoms with van der Waals surface area (Å²) in [5.41, 5.74) is 2.75. The van der Waals surface area contributed by atoms with Crippen molar-refractivity contribution < 1.29 is 4.74 Å². The predicted octanol–water partition coefficient (Wildman–Crippen LogP) is 2.77. The van der Waals surface area contributed by atoms with E-state index < -0.39 is 0 Å². The lowest BCUT2D eigenvalue weighted by molar-refractivity contribution is 0.0744. The molecule has 1 heterocycles. The molecule has 1 aromatic rings. The minimum absolute atomic E-state index is 0.475. The van der Waals surface area contributed by atoms with Crippen LogP contribution in [-0.4, -0.2) is 43.8 Å². The minimum atomic E-state index is 0.475. The summed E-state index contributed by atoms with van der Waals surface area (Å²) in [5, 5.41) is 3.60. The van der Waals surface area contributed by atoms with E-state index in [1.54, 1.807) is 7.11 Å². The largest absolute Gasteiger partial charge is 0.383 e. The smallest absolute Gasteiger partial charge is 0.0615 e. The third-order valence-electron chi connectivity index (χ3n) is 4.10. The zero-order valence-electron chi connectivity index (χ0n) is 12.4. The summed E-state index contributed by atoms with van der Waals surface area (Å²) in [7, 11) is 1.78. The van der Waals surface area contributed by atoms with Gasteiger partial charge in [0.15, 0.2) is 0 Å². The molecule has 1 N–H and O–H groups in total. The molecule has 0 spiro atoms. The zero-order chi connectivity index (χ0) is 13.7. The van der Waals surface area contributed by atoms with Crippen LogP contribution in [0.3, 0.4) is 0 Å². The van der Waals surface area contributed by atoms with Gasteiger partial charge in [-0.25, -0.2) is 0 Å². The van der Waals surface area contributed by atoms with Crippen LogP contribution in [0.1, 0.15) is 25.8 Å². The number of para-hydroxylation sites is 1. The molecule has 3 nitrogen and oxygen atoms in total. The Hall–Kier alpha value is -1.06. The second-order valence-electron chi connectivity index (χ2n) is 5.37. The normalized spacial score (nSPS) is 20.5. The van der Waals surface area contributed by atoms with Gasteiger partial charge in [0.05, 0.1) is 6.61 Å². The van der Waals surface area contributed by atoms with E-state index in [1.807, 2.05) is 0 Å². The molecule has 1 aromatic carbocycles. The monoisotopic (exact) mass is 262 g/mol. The minimum Gasteiger partial charge on any atom is -0.383 e. The fourth-order valence-corrected chi connectivity index (χ4v) is 3.11.